The van der Waals surface area contributed by atoms with Gasteiger partial charge in [0, 0.05) is 37.9 Å². The third-order valence-corrected chi connectivity index (χ3v) is 6.00. The maximum Gasteiger partial charge on any atom is 0.272 e. The zero-order valence-electron chi connectivity index (χ0n) is 19.1. The number of methoxy groups -OCH3 is 1. The zero-order chi connectivity index (χ0) is 23.7. The normalized spacial score (nSPS) is 13.9. The number of amides is 1. The lowest BCUT2D eigenvalue weighted by molar-refractivity contribution is 0.0737. The summed E-state index contributed by atoms with van der Waals surface area (Å²) in [6.45, 7) is 4.44. The minimum absolute atomic E-state index is 0.124. The number of carbonyl (C=O) groups is 1. The lowest BCUT2D eigenvalue weighted by Gasteiger charge is -2.36. The number of carbonyl (C=O) groups excluding carboxylic acids is 1. The number of ether oxygens (including phenoxy) is 1. The van der Waals surface area contributed by atoms with E-state index in [0.29, 0.717) is 49.0 Å². The van der Waals surface area contributed by atoms with Crippen molar-refractivity contribution in [3.63, 3.8) is 0 Å². The molecule has 0 spiro atoms. The molecule has 8 heteroatoms. The molecule has 1 aliphatic rings. The van der Waals surface area contributed by atoms with E-state index in [1.54, 1.807) is 30.0 Å². The number of furan rings is 1. The van der Waals surface area contributed by atoms with Crippen molar-refractivity contribution in [2.45, 2.75) is 6.92 Å². The molecular weight excluding hydrogens is 435 g/mol. The Morgan fingerprint density at radius 2 is 1.62 bits per heavy atom. The molecule has 0 unspecified atom stereocenters. The van der Waals surface area contributed by atoms with Crippen LogP contribution in [0.1, 0.15) is 16.2 Å². The highest BCUT2D eigenvalue weighted by Crippen LogP contribution is 2.26. The second-order valence-corrected chi connectivity index (χ2v) is 8.19. The second kappa shape index (κ2) is 9.05. The number of halogens is 1. The van der Waals surface area contributed by atoms with Gasteiger partial charge in [-0.05, 0) is 67.6 Å². The van der Waals surface area contributed by atoms with E-state index < -0.39 is 0 Å². The molecule has 1 saturated heterocycles. The van der Waals surface area contributed by atoms with Gasteiger partial charge in [0.05, 0.1) is 12.8 Å². The fourth-order valence-corrected chi connectivity index (χ4v) is 4.13. The Balaban J connectivity index is 1.39. The van der Waals surface area contributed by atoms with Gasteiger partial charge in [-0.3, -0.25) is 4.79 Å². The Hall–Kier alpha value is -4.07. The van der Waals surface area contributed by atoms with Crippen LogP contribution in [0.25, 0.3) is 17.1 Å². The predicted octanol–water partition coefficient (Wildman–Crippen LogP) is 4.55. The molecule has 2 aromatic heterocycles. The molecular formula is C26H25FN4O3. The first-order valence-corrected chi connectivity index (χ1v) is 11.1. The molecule has 0 atom stereocenters. The molecule has 0 bridgehead atoms. The molecule has 1 amide bonds. The minimum Gasteiger partial charge on any atom is -0.497 e. The topological polar surface area (TPSA) is 63.7 Å². The quantitative estimate of drug-likeness (QED) is 0.437. The molecule has 174 valence electrons. The van der Waals surface area contributed by atoms with Crippen LogP contribution in [0.2, 0.25) is 0 Å². The SMILES string of the molecule is COc1ccc(N2CCN(C(=O)c3cc(-c4ccc(C)o4)nn3-c3ccc(F)cc3)CC2)cc1. The third-order valence-electron chi connectivity index (χ3n) is 6.00. The summed E-state index contributed by atoms with van der Waals surface area (Å²) in [5, 5.41) is 4.62. The van der Waals surface area contributed by atoms with Crippen LogP contribution in [-0.4, -0.2) is 53.9 Å². The summed E-state index contributed by atoms with van der Waals surface area (Å²) in [5.74, 6) is 1.68. The molecule has 2 aromatic carbocycles. The lowest BCUT2D eigenvalue weighted by atomic mass is 10.2. The summed E-state index contributed by atoms with van der Waals surface area (Å²) in [5.41, 5.74) is 2.67. The lowest BCUT2D eigenvalue weighted by Crippen LogP contribution is -2.49. The highest BCUT2D eigenvalue weighted by atomic mass is 19.1. The van der Waals surface area contributed by atoms with Gasteiger partial charge in [0.15, 0.2) is 5.76 Å². The summed E-state index contributed by atoms with van der Waals surface area (Å²) >= 11 is 0. The highest BCUT2D eigenvalue weighted by molar-refractivity contribution is 5.94. The summed E-state index contributed by atoms with van der Waals surface area (Å²) in [4.78, 5) is 17.6. The van der Waals surface area contributed by atoms with Crippen molar-refractivity contribution in [2.24, 2.45) is 0 Å². The highest BCUT2D eigenvalue weighted by Gasteiger charge is 2.27. The molecule has 0 N–H and O–H groups in total. The molecule has 1 aliphatic heterocycles. The Kier molecular flexibility index (Phi) is 5.79. The fraction of sp³-hybridized carbons (Fsp3) is 0.231. The smallest absolute Gasteiger partial charge is 0.272 e. The van der Waals surface area contributed by atoms with Gasteiger partial charge in [-0.1, -0.05) is 0 Å². The van der Waals surface area contributed by atoms with E-state index >= 15 is 0 Å². The number of rotatable bonds is 5. The van der Waals surface area contributed by atoms with Gasteiger partial charge in [0.2, 0.25) is 0 Å². The van der Waals surface area contributed by atoms with Gasteiger partial charge in [-0.2, -0.15) is 5.10 Å². The predicted molar refractivity (Wildman–Crippen MR) is 127 cm³/mol. The Morgan fingerprint density at radius 3 is 2.24 bits per heavy atom. The number of hydrogen-bond donors (Lipinski definition) is 0. The molecule has 0 aliphatic carbocycles. The van der Waals surface area contributed by atoms with Crippen LogP contribution in [-0.2, 0) is 0 Å². The van der Waals surface area contributed by atoms with Crippen molar-refractivity contribution in [2.75, 3.05) is 38.2 Å². The van der Waals surface area contributed by atoms with E-state index in [0.717, 1.165) is 17.2 Å². The van der Waals surface area contributed by atoms with Gasteiger partial charge >= 0.3 is 0 Å². The Bertz CT molecular complexity index is 1290. The summed E-state index contributed by atoms with van der Waals surface area (Å²) < 4.78 is 26.0. The molecule has 5 rings (SSSR count). The molecule has 1 fully saturated rings. The van der Waals surface area contributed by atoms with Crippen molar-refractivity contribution < 1.29 is 18.3 Å². The van der Waals surface area contributed by atoms with Crippen molar-refractivity contribution in [3.05, 3.63) is 84.0 Å². The molecule has 0 saturated carbocycles. The Morgan fingerprint density at radius 1 is 0.941 bits per heavy atom. The van der Waals surface area contributed by atoms with Crippen LogP contribution in [0.3, 0.4) is 0 Å². The van der Waals surface area contributed by atoms with Gasteiger partial charge in [0.25, 0.3) is 5.91 Å². The maximum absolute atomic E-state index is 13.6. The number of aryl methyl sites for hydroxylation is 1. The van der Waals surface area contributed by atoms with Crippen molar-refractivity contribution in [3.8, 4) is 22.9 Å². The fourth-order valence-electron chi connectivity index (χ4n) is 4.13. The summed E-state index contributed by atoms with van der Waals surface area (Å²) in [7, 11) is 1.65. The number of piperazine rings is 1. The van der Waals surface area contributed by atoms with Gasteiger partial charge in [0.1, 0.15) is 28.7 Å². The first-order chi connectivity index (χ1) is 16.5. The van der Waals surface area contributed by atoms with Crippen LogP contribution in [0.4, 0.5) is 10.1 Å². The molecule has 0 radical (unpaired) electrons. The van der Waals surface area contributed by atoms with Crippen molar-refractivity contribution in [1.29, 1.82) is 0 Å². The van der Waals surface area contributed by atoms with E-state index in [1.165, 1.54) is 12.1 Å². The number of nitrogens with zero attached hydrogens (tertiary/aromatic N) is 4. The minimum atomic E-state index is -0.347. The van der Waals surface area contributed by atoms with Crippen molar-refractivity contribution in [1.82, 2.24) is 14.7 Å². The number of anilines is 1. The summed E-state index contributed by atoms with van der Waals surface area (Å²) in [6.07, 6.45) is 0. The average Bonchev–Trinajstić information content (AvgIpc) is 3.51. The van der Waals surface area contributed by atoms with Gasteiger partial charge < -0.3 is 19.0 Å². The first-order valence-electron chi connectivity index (χ1n) is 11.1. The Labute approximate surface area is 197 Å². The second-order valence-electron chi connectivity index (χ2n) is 8.19. The van der Waals surface area contributed by atoms with E-state index in [2.05, 4.69) is 10.00 Å². The summed E-state index contributed by atoms with van der Waals surface area (Å²) in [6, 6.07) is 19.3. The number of aromatic nitrogens is 2. The van der Waals surface area contributed by atoms with E-state index in [-0.39, 0.29) is 11.7 Å². The van der Waals surface area contributed by atoms with Crippen LogP contribution >= 0.6 is 0 Å². The molecule has 7 nitrogen and oxygen atoms in total. The van der Waals surface area contributed by atoms with Gasteiger partial charge in [-0.25, -0.2) is 9.07 Å². The van der Waals surface area contributed by atoms with Crippen LogP contribution < -0.4 is 9.64 Å². The van der Waals surface area contributed by atoms with E-state index in [4.69, 9.17) is 9.15 Å². The average molecular weight is 461 g/mol. The van der Waals surface area contributed by atoms with Crippen LogP contribution in [0.15, 0.2) is 71.1 Å². The largest absolute Gasteiger partial charge is 0.497 e. The monoisotopic (exact) mass is 460 g/mol. The molecule has 3 heterocycles. The number of benzene rings is 2. The molecule has 4 aromatic rings. The van der Waals surface area contributed by atoms with Crippen LogP contribution in [0.5, 0.6) is 5.75 Å². The first kappa shape index (κ1) is 21.8. The standard InChI is InChI=1S/C26H25FN4O3/c1-18-3-12-25(34-18)23-17-24(31(28-23)21-6-4-19(27)5-7-21)26(32)30-15-13-29(14-16-30)20-8-10-22(33-2)11-9-20/h3-12,17H,13-16H2,1-2H3. The zero-order valence-corrected chi connectivity index (χ0v) is 19.1. The van der Waals surface area contributed by atoms with Gasteiger partial charge in [-0.15, -0.1) is 0 Å². The van der Waals surface area contributed by atoms with E-state index in [9.17, 15) is 9.18 Å². The maximum atomic E-state index is 13.6. The third kappa shape index (κ3) is 4.26. The van der Waals surface area contributed by atoms with E-state index in [1.807, 2.05) is 48.2 Å². The number of hydrogen-bond acceptors (Lipinski definition) is 5. The molecule has 34 heavy (non-hydrogen) atoms. The van der Waals surface area contributed by atoms with Crippen LogP contribution in [0, 0.1) is 12.7 Å². The van der Waals surface area contributed by atoms with Crippen molar-refractivity contribution >= 4 is 11.6 Å².